The molecule has 146 valence electrons. The molecule has 0 radical (unpaired) electrons. The van der Waals surface area contributed by atoms with Crippen molar-refractivity contribution in [3.05, 3.63) is 35.7 Å². The molecule has 0 N–H and O–H groups in total. The number of hydrogen-bond donors (Lipinski definition) is 0. The Bertz CT molecular complexity index is 801. The van der Waals surface area contributed by atoms with Crippen molar-refractivity contribution in [2.45, 2.75) is 26.6 Å². The summed E-state index contributed by atoms with van der Waals surface area (Å²) in [5, 5.41) is 4.63. The van der Waals surface area contributed by atoms with Crippen molar-refractivity contribution < 1.29 is 32.1 Å². The first-order chi connectivity index (χ1) is 12.7. The van der Waals surface area contributed by atoms with Gasteiger partial charge >= 0.3 is 12.1 Å². The smallest absolute Gasteiger partial charge is 0.379 e. The second-order valence-corrected chi connectivity index (χ2v) is 6.43. The fraction of sp³-hybridized carbons (Fsp3) is 0.471. The van der Waals surface area contributed by atoms with Gasteiger partial charge in [-0.25, -0.2) is 5.06 Å². The van der Waals surface area contributed by atoms with Crippen molar-refractivity contribution in [3.8, 4) is 11.4 Å². The van der Waals surface area contributed by atoms with Crippen LogP contribution in [0.25, 0.3) is 11.4 Å². The zero-order valence-electron chi connectivity index (χ0n) is 14.7. The molecular weight excluding hydrogens is 367 g/mol. The van der Waals surface area contributed by atoms with Crippen LogP contribution in [0.15, 0.2) is 28.8 Å². The van der Waals surface area contributed by atoms with Crippen LogP contribution in [0.3, 0.4) is 0 Å². The lowest BCUT2D eigenvalue weighted by molar-refractivity contribution is -0.217. The van der Waals surface area contributed by atoms with Crippen LogP contribution >= 0.6 is 0 Å². The summed E-state index contributed by atoms with van der Waals surface area (Å²) in [5.74, 6) is -1.73. The first kappa shape index (κ1) is 19.3. The molecular formula is C17H18F3N3O4. The second kappa shape index (κ2) is 7.28. The maximum absolute atomic E-state index is 12.6. The van der Waals surface area contributed by atoms with E-state index >= 15 is 0 Å². The molecule has 27 heavy (non-hydrogen) atoms. The number of hydroxylamine groups is 2. The van der Waals surface area contributed by atoms with E-state index in [-0.39, 0.29) is 18.3 Å². The van der Waals surface area contributed by atoms with E-state index in [1.54, 1.807) is 31.2 Å². The van der Waals surface area contributed by atoms with Crippen LogP contribution in [-0.4, -0.2) is 40.9 Å². The molecule has 2 heterocycles. The molecule has 0 saturated carbocycles. The van der Waals surface area contributed by atoms with Crippen molar-refractivity contribution >= 4 is 5.91 Å². The standard InChI is InChI=1S/C17H18F3N3O4/c1-3-26-23(15(24)16(2)9-25-10-16)8-11-4-6-12(7-5-11)13-21-14(27-22-13)17(18,19)20/h4-7H,3,8-10H2,1-2H3. The molecule has 1 aliphatic rings. The molecule has 0 unspecified atom stereocenters. The Hall–Kier alpha value is -2.46. The highest BCUT2D eigenvalue weighted by molar-refractivity contribution is 5.82. The Morgan fingerprint density at radius 3 is 2.44 bits per heavy atom. The number of ether oxygens (including phenoxy) is 1. The quantitative estimate of drug-likeness (QED) is 0.712. The van der Waals surface area contributed by atoms with Gasteiger partial charge in [-0.15, -0.1) is 0 Å². The number of rotatable bonds is 6. The minimum atomic E-state index is -4.69. The number of aromatic nitrogens is 2. The molecule has 1 aromatic heterocycles. The number of benzene rings is 1. The summed E-state index contributed by atoms with van der Waals surface area (Å²) in [7, 11) is 0. The summed E-state index contributed by atoms with van der Waals surface area (Å²) >= 11 is 0. The van der Waals surface area contributed by atoms with Gasteiger partial charge in [0.05, 0.1) is 31.8 Å². The molecule has 1 amide bonds. The van der Waals surface area contributed by atoms with Crippen LogP contribution in [0.5, 0.6) is 0 Å². The molecule has 10 heteroatoms. The minimum absolute atomic E-state index is 0.161. The summed E-state index contributed by atoms with van der Waals surface area (Å²) in [4.78, 5) is 21.4. The Morgan fingerprint density at radius 2 is 1.96 bits per heavy atom. The van der Waals surface area contributed by atoms with Gasteiger partial charge in [0.2, 0.25) is 5.82 Å². The summed E-state index contributed by atoms with van der Waals surface area (Å²) in [6.07, 6.45) is -4.69. The Labute approximate surface area is 153 Å². The van der Waals surface area contributed by atoms with E-state index in [9.17, 15) is 18.0 Å². The van der Waals surface area contributed by atoms with Crippen LogP contribution in [0.2, 0.25) is 0 Å². The zero-order valence-corrected chi connectivity index (χ0v) is 14.7. The summed E-state index contributed by atoms with van der Waals surface area (Å²) in [6.45, 7) is 4.79. The van der Waals surface area contributed by atoms with E-state index in [0.717, 1.165) is 5.56 Å². The average molecular weight is 385 g/mol. The molecule has 0 aliphatic carbocycles. The van der Waals surface area contributed by atoms with Crippen LogP contribution in [0, 0.1) is 5.41 Å². The second-order valence-electron chi connectivity index (χ2n) is 6.43. The summed E-state index contributed by atoms with van der Waals surface area (Å²) in [5.41, 5.74) is 0.504. The molecule has 0 atom stereocenters. The first-order valence-corrected chi connectivity index (χ1v) is 8.26. The lowest BCUT2D eigenvalue weighted by Crippen LogP contribution is -2.53. The molecule has 0 spiro atoms. The third-order valence-electron chi connectivity index (χ3n) is 4.08. The molecule has 1 aromatic carbocycles. The van der Waals surface area contributed by atoms with Crippen LogP contribution in [0.4, 0.5) is 13.2 Å². The van der Waals surface area contributed by atoms with Gasteiger partial charge in [0, 0.05) is 5.56 Å². The number of alkyl halides is 3. The highest BCUT2D eigenvalue weighted by Crippen LogP contribution is 2.31. The van der Waals surface area contributed by atoms with Crippen molar-refractivity contribution in [2.75, 3.05) is 19.8 Å². The van der Waals surface area contributed by atoms with Gasteiger partial charge in [-0.05, 0) is 19.4 Å². The normalized spacial score (nSPS) is 16.0. The molecule has 2 aromatic rings. The predicted molar refractivity (Wildman–Crippen MR) is 85.8 cm³/mol. The van der Waals surface area contributed by atoms with E-state index < -0.39 is 17.5 Å². The predicted octanol–water partition coefficient (Wildman–Crippen LogP) is 3.07. The summed E-state index contributed by atoms with van der Waals surface area (Å²) in [6, 6.07) is 6.45. The number of hydrogen-bond acceptors (Lipinski definition) is 6. The van der Waals surface area contributed by atoms with Crippen molar-refractivity contribution in [3.63, 3.8) is 0 Å². The zero-order chi connectivity index (χ0) is 19.7. The molecule has 7 nitrogen and oxygen atoms in total. The Balaban J connectivity index is 1.72. The highest BCUT2D eigenvalue weighted by Gasteiger charge is 2.44. The average Bonchev–Trinajstić information content (AvgIpc) is 3.10. The van der Waals surface area contributed by atoms with Gasteiger partial charge in [-0.1, -0.05) is 29.4 Å². The van der Waals surface area contributed by atoms with Crippen molar-refractivity contribution in [1.82, 2.24) is 15.2 Å². The number of nitrogens with zero attached hydrogens (tertiary/aromatic N) is 3. The Kier molecular flexibility index (Phi) is 5.20. The van der Waals surface area contributed by atoms with E-state index in [1.807, 2.05) is 6.92 Å². The number of carbonyl (C=O) groups is 1. The lowest BCUT2D eigenvalue weighted by Gasteiger charge is -2.39. The Morgan fingerprint density at radius 1 is 1.30 bits per heavy atom. The fourth-order valence-corrected chi connectivity index (χ4v) is 2.55. The topological polar surface area (TPSA) is 77.7 Å². The van der Waals surface area contributed by atoms with Gasteiger partial charge in [-0.2, -0.15) is 18.2 Å². The molecule has 1 aliphatic heterocycles. The minimum Gasteiger partial charge on any atom is -0.379 e. The van der Waals surface area contributed by atoms with Gasteiger partial charge < -0.3 is 9.26 Å². The van der Waals surface area contributed by atoms with E-state index in [1.165, 1.54) is 5.06 Å². The molecule has 1 fully saturated rings. The first-order valence-electron chi connectivity index (χ1n) is 8.26. The maximum atomic E-state index is 12.6. The van der Waals surface area contributed by atoms with E-state index in [4.69, 9.17) is 9.57 Å². The third-order valence-corrected chi connectivity index (χ3v) is 4.08. The summed E-state index contributed by atoms with van der Waals surface area (Å²) < 4.78 is 47.0. The van der Waals surface area contributed by atoms with Gasteiger partial charge in [0.1, 0.15) is 0 Å². The number of carbonyl (C=O) groups excluding carboxylic acids is 1. The highest BCUT2D eigenvalue weighted by atomic mass is 19.4. The molecule has 1 saturated heterocycles. The van der Waals surface area contributed by atoms with Crippen LogP contribution in [0.1, 0.15) is 25.3 Å². The lowest BCUT2D eigenvalue weighted by atomic mass is 9.87. The van der Waals surface area contributed by atoms with Gasteiger partial charge in [-0.3, -0.25) is 9.63 Å². The van der Waals surface area contributed by atoms with Gasteiger partial charge in [0.15, 0.2) is 0 Å². The monoisotopic (exact) mass is 385 g/mol. The van der Waals surface area contributed by atoms with E-state index in [0.29, 0.717) is 25.4 Å². The largest absolute Gasteiger partial charge is 0.471 e. The van der Waals surface area contributed by atoms with Crippen LogP contribution < -0.4 is 0 Å². The van der Waals surface area contributed by atoms with Gasteiger partial charge in [0.25, 0.3) is 5.91 Å². The number of halogens is 3. The SMILES string of the molecule is CCON(Cc1ccc(-c2noc(C(F)(F)F)n2)cc1)C(=O)C1(C)COC1. The molecule has 3 rings (SSSR count). The van der Waals surface area contributed by atoms with Crippen molar-refractivity contribution in [1.29, 1.82) is 0 Å². The van der Waals surface area contributed by atoms with Crippen molar-refractivity contribution in [2.24, 2.45) is 5.41 Å². The third kappa shape index (κ3) is 4.11. The van der Waals surface area contributed by atoms with E-state index in [2.05, 4.69) is 14.7 Å². The fourth-order valence-electron chi connectivity index (χ4n) is 2.55. The number of amides is 1. The maximum Gasteiger partial charge on any atom is 0.471 e. The molecule has 0 bridgehead atoms. The van der Waals surface area contributed by atoms with Crippen LogP contribution in [-0.2, 0) is 27.1 Å².